The first-order valence-electron chi connectivity index (χ1n) is 6.65. The van der Waals surface area contributed by atoms with Gasteiger partial charge in [-0.1, -0.05) is 13.0 Å². The molecule has 1 aromatic rings. The molecule has 0 bridgehead atoms. The molecule has 0 fully saturated rings. The normalized spacial score (nSPS) is 13.6. The summed E-state index contributed by atoms with van der Waals surface area (Å²) in [4.78, 5) is 25.4. The van der Waals surface area contributed by atoms with Gasteiger partial charge in [0.1, 0.15) is 0 Å². The number of thiophene rings is 1. The number of hydrogen-bond acceptors (Lipinski definition) is 3. The number of carbonyl (C=O) groups excluding carboxylic acids is 1. The zero-order chi connectivity index (χ0) is 15.1. The van der Waals surface area contributed by atoms with Gasteiger partial charge >= 0.3 is 12.0 Å². The van der Waals surface area contributed by atoms with E-state index in [2.05, 4.69) is 11.4 Å². The Kier molecular flexibility index (Phi) is 6.51. The Morgan fingerprint density at radius 3 is 2.70 bits per heavy atom. The maximum Gasteiger partial charge on any atom is 0.317 e. The van der Waals surface area contributed by atoms with Crippen LogP contribution in [0.25, 0.3) is 0 Å². The van der Waals surface area contributed by atoms with Gasteiger partial charge in [0.2, 0.25) is 0 Å². The number of carboxylic acids is 1. The van der Waals surface area contributed by atoms with E-state index in [-0.39, 0.29) is 24.4 Å². The Bertz CT molecular complexity index is 434. The SMILES string of the molecule is CC(CNC(=O)N(C)C(C)Cc1cccs1)CC(=O)O. The molecule has 5 nitrogen and oxygen atoms in total. The fraction of sp³-hybridized carbons (Fsp3) is 0.571. The van der Waals surface area contributed by atoms with E-state index < -0.39 is 5.97 Å². The van der Waals surface area contributed by atoms with Crippen LogP contribution in [0.4, 0.5) is 4.79 Å². The van der Waals surface area contributed by atoms with Crippen LogP contribution in [0, 0.1) is 5.92 Å². The molecular formula is C14H22N2O3S. The molecule has 20 heavy (non-hydrogen) atoms. The van der Waals surface area contributed by atoms with Gasteiger partial charge in [-0.05, 0) is 24.3 Å². The molecular weight excluding hydrogens is 276 g/mol. The summed E-state index contributed by atoms with van der Waals surface area (Å²) in [6.45, 7) is 4.19. The Morgan fingerprint density at radius 2 is 2.15 bits per heavy atom. The highest BCUT2D eigenvalue weighted by atomic mass is 32.1. The minimum atomic E-state index is -0.842. The molecule has 2 amide bonds. The smallest absolute Gasteiger partial charge is 0.317 e. The summed E-state index contributed by atoms with van der Waals surface area (Å²) in [6.07, 6.45) is 0.890. The van der Waals surface area contributed by atoms with Crippen molar-refractivity contribution in [3.63, 3.8) is 0 Å². The Hall–Kier alpha value is -1.56. The zero-order valence-corrected chi connectivity index (χ0v) is 12.9. The molecule has 2 atom stereocenters. The number of nitrogens with zero attached hydrogens (tertiary/aromatic N) is 1. The number of nitrogens with one attached hydrogen (secondary N) is 1. The monoisotopic (exact) mass is 298 g/mol. The van der Waals surface area contributed by atoms with Crippen molar-refractivity contribution in [1.29, 1.82) is 0 Å². The van der Waals surface area contributed by atoms with Gasteiger partial charge in [0, 0.05) is 37.4 Å². The number of amides is 2. The lowest BCUT2D eigenvalue weighted by Gasteiger charge is -2.25. The minimum absolute atomic E-state index is 0.0642. The van der Waals surface area contributed by atoms with E-state index in [0.717, 1.165) is 6.42 Å². The maximum atomic E-state index is 12.0. The van der Waals surface area contributed by atoms with Crippen molar-refractivity contribution < 1.29 is 14.7 Å². The molecule has 0 saturated carbocycles. The molecule has 1 heterocycles. The summed E-state index contributed by atoms with van der Waals surface area (Å²) in [5.74, 6) is -0.913. The second kappa shape index (κ2) is 7.89. The molecule has 0 aliphatic heterocycles. The summed E-state index contributed by atoms with van der Waals surface area (Å²) in [5, 5.41) is 13.5. The van der Waals surface area contributed by atoms with E-state index >= 15 is 0 Å². The second-order valence-electron chi connectivity index (χ2n) is 5.13. The van der Waals surface area contributed by atoms with Gasteiger partial charge in [-0.25, -0.2) is 4.79 Å². The van der Waals surface area contributed by atoms with Gasteiger partial charge in [-0.2, -0.15) is 0 Å². The van der Waals surface area contributed by atoms with E-state index in [1.807, 2.05) is 25.3 Å². The van der Waals surface area contributed by atoms with Crippen LogP contribution in [0.1, 0.15) is 25.1 Å². The first-order valence-corrected chi connectivity index (χ1v) is 7.53. The number of carbonyl (C=O) groups is 2. The highest BCUT2D eigenvalue weighted by molar-refractivity contribution is 7.09. The van der Waals surface area contributed by atoms with Gasteiger partial charge < -0.3 is 15.3 Å². The average molecular weight is 298 g/mol. The number of hydrogen-bond donors (Lipinski definition) is 2. The third kappa shape index (κ3) is 5.61. The third-order valence-electron chi connectivity index (χ3n) is 3.18. The molecule has 0 spiro atoms. The summed E-state index contributed by atoms with van der Waals surface area (Å²) >= 11 is 1.68. The van der Waals surface area contributed by atoms with Crippen LogP contribution in [0.5, 0.6) is 0 Å². The van der Waals surface area contributed by atoms with Crippen molar-refractivity contribution in [2.45, 2.75) is 32.7 Å². The van der Waals surface area contributed by atoms with Crippen LogP contribution in [-0.4, -0.2) is 41.6 Å². The first kappa shape index (κ1) is 16.5. The largest absolute Gasteiger partial charge is 0.481 e. The lowest BCUT2D eigenvalue weighted by atomic mass is 10.1. The fourth-order valence-corrected chi connectivity index (χ4v) is 2.64. The minimum Gasteiger partial charge on any atom is -0.481 e. The van der Waals surface area contributed by atoms with Crippen molar-refractivity contribution in [3.05, 3.63) is 22.4 Å². The predicted octanol–water partition coefficient (Wildman–Crippen LogP) is 2.43. The van der Waals surface area contributed by atoms with Gasteiger partial charge in [-0.15, -0.1) is 11.3 Å². The topological polar surface area (TPSA) is 69.6 Å². The Balaban J connectivity index is 2.36. The first-order chi connectivity index (χ1) is 9.40. The Morgan fingerprint density at radius 1 is 1.45 bits per heavy atom. The van der Waals surface area contributed by atoms with Gasteiger partial charge in [0.25, 0.3) is 0 Å². The van der Waals surface area contributed by atoms with Crippen molar-refractivity contribution in [2.75, 3.05) is 13.6 Å². The second-order valence-corrected chi connectivity index (χ2v) is 6.16. The van der Waals surface area contributed by atoms with Gasteiger partial charge in [-0.3, -0.25) is 4.79 Å². The number of urea groups is 1. The third-order valence-corrected chi connectivity index (χ3v) is 4.08. The van der Waals surface area contributed by atoms with Crippen molar-refractivity contribution in [1.82, 2.24) is 10.2 Å². The van der Waals surface area contributed by atoms with Crippen LogP contribution < -0.4 is 5.32 Å². The van der Waals surface area contributed by atoms with E-state index in [4.69, 9.17) is 5.11 Å². The number of carboxylic acid groups (broad SMARTS) is 1. The van der Waals surface area contributed by atoms with Crippen LogP contribution >= 0.6 is 11.3 Å². The summed E-state index contributed by atoms with van der Waals surface area (Å²) in [6, 6.07) is 4.00. The van der Waals surface area contributed by atoms with Gasteiger partial charge in [0.15, 0.2) is 0 Å². The molecule has 112 valence electrons. The van der Waals surface area contributed by atoms with Crippen LogP contribution in [0.3, 0.4) is 0 Å². The van der Waals surface area contributed by atoms with Crippen molar-refractivity contribution in [2.24, 2.45) is 5.92 Å². The molecule has 0 saturated heterocycles. The van der Waals surface area contributed by atoms with Crippen LogP contribution in [-0.2, 0) is 11.2 Å². The highest BCUT2D eigenvalue weighted by Gasteiger charge is 2.17. The lowest BCUT2D eigenvalue weighted by molar-refractivity contribution is -0.137. The molecule has 0 radical (unpaired) electrons. The van der Waals surface area contributed by atoms with Crippen LogP contribution in [0.15, 0.2) is 17.5 Å². The van der Waals surface area contributed by atoms with Crippen LogP contribution in [0.2, 0.25) is 0 Å². The number of rotatable bonds is 7. The summed E-state index contributed by atoms with van der Waals surface area (Å²) in [5.41, 5.74) is 0. The molecule has 0 aliphatic carbocycles. The molecule has 1 aromatic heterocycles. The number of aliphatic carboxylic acids is 1. The standard InChI is InChI=1S/C14H22N2O3S/c1-10(7-13(17)18)9-15-14(19)16(3)11(2)8-12-5-4-6-20-12/h4-6,10-11H,7-9H2,1-3H3,(H,15,19)(H,17,18). The van der Waals surface area contributed by atoms with E-state index in [0.29, 0.717) is 6.54 Å². The molecule has 2 N–H and O–H groups in total. The van der Waals surface area contributed by atoms with Gasteiger partial charge in [0.05, 0.1) is 0 Å². The lowest BCUT2D eigenvalue weighted by Crippen LogP contribution is -2.44. The number of likely N-dealkylation sites (N-methyl/N-ethyl adjacent to an activating group) is 1. The van der Waals surface area contributed by atoms with E-state index in [9.17, 15) is 9.59 Å². The molecule has 2 unspecified atom stereocenters. The molecule has 6 heteroatoms. The molecule has 1 rings (SSSR count). The molecule has 0 aliphatic rings. The Labute approximate surface area is 123 Å². The predicted molar refractivity (Wildman–Crippen MR) is 80.1 cm³/mol. The fourth-order valence-electron chi connectivity index (χ4n) is 1.81. The zero-order valence-electron chi connectivity index (χ0n) is 12.1. The van der Waals surface area contributed by atoms with Crippen molar-refractivity contribution in [3.8, 4) is 0 Å². The quantitative estimate of drug-likeness (QED) is 0.812. The molecule has 0 aromatic carbocycles. The van der Waals surface area contributed by atoms with Crippen molar-refractivity contribution >= 4 is 23.3 Å². The van der Waals surface area contributed by atoms with E-state index in [1.165, 1.54) is 4.88 Å². The average Bonchev–Trinajstić information content (AvgIpc) is 2.86. The highest BCUT2D eigenvalue weighted by Crippen LogP contribution is 2.13. The van der Waals surface area contributed by atoms with E-state index in [1.54, 1.807) is 23.3 Å². The summed E-state index contributed by atoms with van der Waals surface area (Å²) < 4.78 is 0. The summed E-state index contributed by atoms with van der Waals surface area (Å²) in [7, 11) is 1.76. The maximum absolute atomic E-state index is 12.0.